The average Bonchev–Trinajstić information content (AvgIpc) is 2.98. The number of imidazole rings is 1. The van der Waals surface area contributed by atoms with Crippen molar-refractivity contribution in [1.82, 2.24) is 14.7 Å². The third kappa shape index (κ3) is 1.88. The molecule has 4 nitrogen and oxygen atoms in total. The van der Waals surface area contributed by atoms with Crippen molar-refractivity contribution in [3.05, 3.63) is 47.6 Å². The summed E-state index contributed by atoms with van der Waals surface area (Å²) in [7, 11) is 0. The van der Waals surface area contributed by atoms with Gasteiger partial charge < -0.3 is 9.09 Å². The van der Waals surface area contributed by atoms with Gasteiger partial charge in [0.1, 0.15) is 17.8 Å². The Morgan fingerprint density at radius 3 is 2.94 bits per heavy atom. The fourth-order valence-electron chi connectivity index (χ4n) is 2.04. The zero-order valence-electron chi connectivity index (χ0n) is 9.93. The molecule has 0 saturated heterocycles. The molecule has 3 aromatic rings. The van der Waals surface area contributed by atoms with Crippen molar-refractivity contribution in [3.8, 4) is 0 Å². The van der Waals surface area contributed by atoms with Crippen LogP contribution in [0.4, 0.5) is 0 Å². The van der Waals surface area contributed by atoms with Gasteiger partial charge in [-0.15, -0.1) is 11.6 Å². The Morgan fingerprint density at radius 2 is 2.22 bits per heavy atom. The summed E-state index contributed by atoms with van der Waals surface area (Å²) < 4.78 is 6.93. The van der Waals surface area contributed by atoms with Crippen LogP contribution in [0, 0.1) is 6.92 Å². The molecule has 0 bridgehead atoms. The highest BCUT2D eigenvalue weighted by molar-refractivity contribution is 6.16. The Kier molecular flexibility index (Phi) is 2.80. The minimum Gasteiger partial charge on any atom is -0.364 e. The maximum Gasteiger partial charge on any atom is 0.125 e. The van der Waals surface area contributed by atoms with E-state index in [4.69, 9.17) is 16.1 Å². The van der Waals surface area contributed by atoms with Gasteiger partial charge in [0.15, 0.2) is 0 Å². The molecule has 0 fully saturated rings. The van der Waals surface area contributed by atoms with Crippen LogP contribution in [0.15, 0.2) is 35.1 Å². The topological polar surface area (TPSA) is 43.9 Å². The number of alkyl halides is 1. The Morgan fingerprint density at radius 1 is 1.33 bits per heavy atom. The van der Waals surface area contributed by atoms with E-state index in [1.165, 1.54) is 5.56 Å². The van der Waals surface area contributed by atoms with E-state index >= 15 is 0 Å². The predicted molar refractivity (Wildman–Crippen MR) is 69.6 cm³/mol. The molecule has 0 radical (unpaired) electrons. The van der Waals surface area contributed by atoms with Crippen LogP contribution >= 0.6 is 11.6 Å². The first kappa shape index (κ1) is 11.3. The molecule has 18 heavy (non-hydrogen) atoms. The molecule has 0 amide bonds. The van der Waals surface area contributed by atoms with Crippen LogP contribution in [-0.2, 0) is 12.4 Å². The zero-order valence-corrected chi connectivity index (χ0v) is 10.7. The number of halogens is 1. The van der Waals surface area contributed by atoms with Gasteiger partial charge in [-0.25, -0.2) is 4.98 Å². The molecule has 0 N–H and O–H groups in total. The summed E-state index contributed by atoms with van der Waals surface area (Å²) in [5, 5.41) is 3.93. The number of aromatic nitrogens is 3. The fraction of sp³-hybridized carbons (Fsp3) is 0.231. The third-order valence-electron chi connectivity index (χ3n) is 2.91. The van der Waals surface area contributed by atoms with Crippen molar-refractivity contribution >= 4 is 22.6 Å². The van der Waals surface area contributed by atoms with Gasteiger partial charge in [0.05, 0.1) is 23.5 Å². The van der Waals surface area contributed by atoms with Crippen LogP contribution in [0.2, 0.25) is 0 Å². The molecule has 0 aliphatic rings. The number of hydrogen-bond donors (Lipinski definition) is 0. The number of aryl methyl sites for hydroxylation is 1. The molecule has 92 valence electrons. The Labute approximate surface area is 109 Å². The van der Waals surface area contributed by atoms with Crippen LogP contribution in [0.1, 0.15) is 17.1 Å². The normalized spacial score (nSPS) is 11.2. The van der Waals surface area contributed by atoms with E-state index in [9.17, 15) is 0 Å². The molecule has 0 aliphatic heterocycles. The van der Waals surface area contributed by atoms with Crippen LogP contribution < -0.4 is 0 Å². The zero-order chi connectivity index (χ0) is 12.5. The smallest absolute Gasteiger partial charge is 0.125 e. The molecular weight excluding hydrogens is 250 g/mol. The second-order valence-corrected chi connectivity index (χ2v) is 4.50. The lowest BCUT2D eigenvalue weighted by atomic mass is 10.2. The maximum atomic E-state index is 5.96. The molecule has 0 saturated carbocycles. The minimum absolute atomic E-state index is 0.381. The largest absolute Gasteiger partial charge is 0.364 e. The summed E-state index contributed by atoms with van der Waals surface area (Å²) in [6, 6.07) is 8.02. The van der Waals surface area contributed by atoms with Gasteiger partial charge in [0.2, 0.25) is 0 Å². The minimum atomic E-state index is 0.381. The average molecular weight is 262 g/mol. The van der Waals surface area contributed by atoms with Crippen molar-refractivity contribution in [2.75, 3.05) is 0 Å². The van der Waals surface area contributed by atoms with E-state index < -0.39 is 0 Å². The highest BCUT2D eigenvalue weighted by Crippen LogP contribution is 2.20. The molecule has 2 heterocycles. The molecule has 5 heteroatoms. The second kappa shape index (κ2) is 4.46. The Balaban J connectivity index is 2.15. The fourth-order valence-corrected chi connectivity index (χ4v) is 2.25. The van der Waals surface area contributed by atoms with Crippen molar-refractivity contribution in [2.45, 2.75) is 19.3 Å². The van der Waals surface area contributed by atoms with Crippen LogP contribution in [0.3, 0.4) is 0 Å². The number of benzene rings is 1. The van der Waals surface area contributed by atoms with Gasteiger partial charge in [-0.1, -0.05) is 11.2 Å². The quantitative estimate of drug-likeness (QED) is 0.681. The van der Waals surface area contributed by atoms with Crippen LogP contribution in [0.25, 0.3) is 11.0 Å². The first-order valence-corrected chi connectivity index (χ1v) is 6.22. The van der Waals surface area contributed by atoms with Gasteiger partial charge in [-0.05, 0) is 24.6 Å². The SMILES string of the molecule is Cc1ccc2nc(CCl)n(Cc3ccon3)c2c1. The van der Waals surface area contributed by atoms with E-state index in [1.54, 1.807) is 6.26 Å². The first-order chi connectivity index (χ1) is 8.78. The number of hydrogen-bond acceptors (Lipinski definition) is 3. The monoisotopic (exact) mass is 261 g/mol. The summed E-state index contributed by atoms with van der Waals surface area (Å²) in [5.41, 5.74) is 4.10. The maximum absolute atomic E-state index is 5.96. The molecule has 0 aliphatic carbocycles. The van der Waals surface area contributed by atoms with E-state index in [0.717, 1.165) is 22.6 Å². The van der Waals surface area contributed by atoms with Crippen molar-refractivity contribution in [2.24, 2.45) is 0 Å². The van der Waals surface area contributed by atoms with E-state index in [2.05, 4.69) is 27.7 Å². The van der Waals surface area contributed by atoms with Crippen molar-refractivity contribution in [1.29, 1.82) is 0 Å². The summed E-state index contributed by atoms with van der Waals surface area (Å²) >= 11 is 5.96. The predicted octanol–water partition coefficient (Wildman–Crippen LogP) is 3.12. The highest BCUT2D eigenvalue weighted by Gasteiger charge is 2.11. The Bertz CT molecular complexity index is 673. The lowest BCUT2D eigenvalue weighted by molar-refractivity contribution is 0.409. The van der Waals surface area contributed by atoms with Crippen LogP contribution in [-0.4, -0.2) is 14.7 Å². The van der Waals surface area contributed by atoms with E-state index in [1.807, 2.05) is 18.2 Å². The number of nitrogens with zero attached hydrogens (tertiary/aromatic N) is 3. The van der Waals surface area contributed by atoms with Crippen LogP contribution in [0.5, 0.6) is 0 Å². The summed E-state index contributed by atoms with van der Waals surface area (Å²) in [6.07, 6.45) is 1.57. The molecular formula is C13H12ClN3O. The van der Waals surface area contributed by atoms with E-state index in [0.29, 0.717) is 12.4 Å². The number of fused-ring (bicyclic) bond motifs is 1. The molecule has 2 aromatic heterocycles. The molecule has 3 rings (SSSR count). The third-order valence-corrected chi connectivity index (χ3v) is 3.15. The summed E-state index contributed by atoms with van der Waals surface area (Å²) in [4.78, 5) is 4.53. The van der Waals surface area contributed by atoms with Gasteiger partial charge in [-0.3, -0.25) is 0 Å². The second-order valence-electron chi connectivity index (χ2n) is 4.23. The molecule has 1 aromatic carbocycles. The standard InChI is InChI=1S/C13H12ClN3O/c1-9-2-3-11-12(6-9)17(13(7-14)15-11)8-10-4-5-18-16-10/h2-6H,7-8H2,1H3. The Hall–Kier alpha value is -1.81. The highest BCUT2D eigenvalue weighted by atomic mass is 35.5. The summed E-state index contributed by atoms with van der Waals surface area (Å²) in [6.45, 7) is 2.69. The van der Waals surface area contributed by atoms with Crippen molar-refractivity contribution < 1.29 is 4.52 Å². The number of rotatable bonds is 3. The van der Waals surface area contributed by atoms with Gasteiger partial charge in [-0.2, -0.15) is 0 Å². The van der Waals surface area contributed by atoms with Crippen molar-refractivity contribution in [3.63, 3.8) is 0 Å². The summed E-state index contributed by atoms with van der Waals surface area (Å²) in [5.74, 6) is 1.23. The molecule has 0 atom stereocenters. The first-order valence-electron chi connectivity index (χ1n) is 5.69. The molecule has 0 spiro atoms. The lowest BCUT2D eigenvalue weighted by Crippen LogP contribution is -2.04. The van der Waals surface area contributed by atoms with Gasteiger partial charge in [0, 0.05) is 6.07 Å². The lowest BCUT2D eigenvalue weighted by Gasteiger charge is -2.05. The van der Waals surface area contributed by atoms with E-state index in [-0.39, 0.29) is 0 Å². The van der Waals surface area contributed by atoms with Gasteiger partial charge >= 0.3 is 0 Å². The van der Waals surface area contributed by atoms with Gasteiger partial charge in [0.25, 0.3) is 0 Å². The molecule has 0 unspecified atom stereocenters.